The van der Waals surface area contributed by atoms with Gasteiger partial charge in [-0.3, -0.25) is 9.79 Å². The van der Waals surface area contributed by atoms with Crippen LogP contribution in [-0.2, 0) is 14.6 Å². The highest BCUT2D eigenvalue weighted by Gasteiger charge is 2.47. The van der Waals surface area contributed by atoms with Crippen molar-refractivity contribution < 1.29 is 13.2 Å². The van der Waals surface area contributed by atoms with Crippen molar-refractivity contribution in [2.75, 3.05) is 22.2 Å². The Balaban J connectivity index is 1.92. The second-order valence-corrected chi connectivity index (χ2v) is 8.42. The zero-order valence-corrected chi connectivity index (χ0v) is 13.2. The van der Waals surface area contributed by atoms with E-state index in [1.54, 1.807) is 6.92 Å². The lowest BCUT2D eigenvalue weighted by Crippen LogP contribution is -2.39. The van der Waals surface area contributed by atoms with Crippen molar-refractivity contribution in [2.45, 2.75) is 19.0 Å². The van der Waals surface area contributed by atoms with Crippen molar-refractivity contribution in [2.24, 2.45) is 4.99 Å². The van der Waals surface area contributed by atoms with Gasteiger partial charge >= 0.3 is 0 Å². The number of hydrogen-bond donors (Lipinski definition) is 0. The highest BCUT2D eigenvalue weighted by Crippen LogP contribution is 2.34. The maximum atomic E-state index is 11.8. The van der Waals surface area contributed by atoms with Crippen molar-refractivity contribution in [1.82, 2.24) is 0 Å². The summed E-state index contributed by atoms with van der Waals surface area (Å²) in [6.07, 6.45) is 0. The van der Waals surface area contributed by atoms with Gasteiger partial charge < -0.3 is 4.90 Å². The number of aliphatic imine (C=N–C) groups is 1. The molecule has 0 spiro atoms. The van der Waals surface area contributed by atoms with E-state index in [9.17, 15) is 13.2 Å². The van der Waals surface area contributed by atoms with Crippen LogP contribution in [0.4, 0.5) is 5.69 Å². The third-order valence-corrected chi connectivity index (χ3v) is 6.36. The molecule has 2 aliphatic heterocycles. The number of benzene rings is 1. The third kappa shape index (κ3) is 2.98. The van der Waals surface area contributed by atoms with Crippen molar-refractivity contribution in [3.05, 3.63) is 30.3 Å². The Morgan fingerprint density at radius 2 is 2.05 bits per heavy atom. The van der Waals surface area contributed by atoms with Crippen LogP contribution in [0.3, 0.4) is 0 Å². The van der Waals surface area contributed by atoms with E-state index in [0.29, 0.717) is 5.75 Å². The van der Waals surface area contributed by atoms with Crippen LogP contribution in [0.25, 0.3) is 0 Å². The first-order valence-electron chi connectivity index (χ1n) is 6.71. The Hall–Kier alpha value is -1.34. The number of Topliss-reactive ketones (excluding diaryl/α,β-unsaturated/α-hetero) is 1. The molecule has 21 heavy (non-hydrogen) atoms. The van der Waals surface area contributed by atoms with E-state index in [1.807, 2.05) is 35.2 Å². The van der Waals surface area contributed by atoms with E-state index >= 15 is 0 Å². The molecule has 2 heterocycles. The molecular weight excluding hydrogens is 308 g/mol. The summed E-state index contributed by atoms with van der Waals surface area (Å²) >= 11 is 1.38. The fourth-order valence-electron chi connectivity index (χ4n) is 2.69. The van der Waals surface area contributed by atoms with Gasteiger partial charge in [-0.1, -0.05) is 30.0 Å². The van der Waals surface area contributed by atoms with Crippen molar-refractivity contribution in [1.29, 1.82) is 0 Å². The van der Waals surface area contributed by atoms with Gasteiger partial charge in [-0.15, -0.1) is 0 Å². The molecule has 112 valence electrons. The average Bonchev–Trinajstić information content (AvgIpc) is 2.88. The van der Waals surface area contributed by atoms with Crippen molar-refractivity contribution in [3.63, 3.8) is 0 Å². The standard InChI is InChI=1S/C14H16N2O3S2/c1-10(17)7-20-14-15-12-8-21(18,19)9-13(12)16(14)11-5-3-2-4-6-11/h2-6,12-13H,7-9H2,1H3. The summed E-state index contributed by atoms with van der Waals surface area (Å²) in [5.74, 6) is 0.667. The van der Waals surface area contributed by atoms with E-state index in [-0.39, 0.29) is 29.4 Å². The molecule has 1 fully saturated rings. The van der Waals surface area contributed by atoms with Crippen LogP contribution in [-0.4, -0.2) is 48.7 Å². The Morgan fingerprint density at radius 1 is 1.33 bits per heavy atom. The molecule has 0 aliphatic carbocycles. The number of nitrogens with zero attached hydrogens (tertiary/aromatic N) is 2. The Kier molecular flexibility index (Phi) is 3.79. The van der Waals surface area contributed by atoms with Gasteiger partial charge in [0, 0.05) is 5.69 Å². The molecule has 3 rings (SSSR count). The molecular formula is C14H16N2O3S2. The molecule has 0 radical (unpaired) electrons. The monoisotopic (exact) mass is 324 g/mol. The van der Waals surface area contributed by atoms with Gasteiger partial charge in [0.2, 0.25) is 0 Å². The molecule has 2 unspecified atom stereocenters. The van der Waals surface area contributed by atoms with Crippen LogP contribution in [0.2, 0.25) is 0 Å². The highest BCUT2D eigenvalue weighted by atomic mass is 32.2. The van der Waals surface area contributed by atoms with Crippen LogP contribution in [0.15, 0.2) is 35.3 Å². The molecule has 0 amide bonds. The molecule has 5 nitrogen and oxygen atoms in total. The first-order chi connectivity index (χ1) is 9.96. The average molecular weight is 324 g/mol. The number of ketones is 1. The van der Waals surface area contributed by atoms with E-state index < -0.39 is 9.84 Å². The van der Waals surface area contributed by atoms with Crippen LogP contribution in [0, 0.1) is 0 Å². The predicted molar refractivity (Wildman–Crippen MR) is 85.7 cm³/mol. The second kappa shape index (κ2) is 5.46. The third-order valence-electron chi connectivity index (χ3n) is 3.55. The maximum Gasteiger partial charge on any atom is 0.164 e. The number of amidine groups is 1. The normalized spacial score (nSPS) is 26.5. The molecule has 0 N–H and O–H groups in total. The smallest absolute Gasteiger partial charge is 0.164 e. The lowest BCUT2D eigenvalue weighted by atomic mass is 10.1. The SMILES string of the molecule is CC(=O)CSC1=NC2CS(=O)(=O)CC2N1c1ccccc1. The number of fused-ring (bicyclic) bond motifs is 1. The van der Waals surface area contributed by atoms with Gasteiger partial charge in [-0.25, -0.2) is 8.42 Å². The van der Waals surface area contributed by atoms with Crippen molar-refractivity contribution in [3.8, 4) is 0 Å². The summed E-state index contributed by atoms with van der Waals surface area (Å²) in [5.41, 5.74) is 0.928. The van der Waals surface area contributed by atoms with E-state index in [1.165, 1.54) is 11.8 Å². The number of thioether (sulfide) groups is 1. The molecule has 7 heteroatoms. The van der Waals surface area contributed by atoms with E-state index in [2.05, 4.69) is 4.99 Å². The minimum Gasteiger partial charge on any atom is -0.315 e. The lowest BCUT2D eigenvalue weighted by Gasteiger charge is -2.26. The molecule has 2 atom stereocenters. The Labute approximate surface area is 128 Å². The topological polar surface area (TPSA) is 66.8 Å². The van der Waals surface area contributed by atoms with Gasteiger partial charge in [-0.2, -0.15) is 0 Å². The Morgan fingerprint density at radius 3 is 2.71 bits per heavy atom. The minimum atomic E-state index is -3.03. The van der Waals surface area contributed by atoms with E-state index in [4.69, 9.17) is 0 Å². The van der Waals surface area contributed by atoms with Gasteiger partial charge in [-0.05, 0) is 19.1 Å². The Bertz CT molecular complexity index is 685. The van der Waals surface area contributed by atoms with Crippen molar-refractivity contribution >= 4 is 38.2 Å². The quantitative estimate of drug-likeness (QED) is 0.839. The molecule has 0 bridgehead atoms. The van der Waals surface area contributed by atoms with Gasteiger partial charge in [0.15, 0.2) is 15.0 Å². The number of hydrogen-bond acceptors (Lipinski definition) is 6. The number of rotatable bonds is 3. The maximum absolute atomic E-state index is 11.8. The summed E-state index contributed by atoms with van der Waals surface area (Å²) in [5, 5.41) is 0.751. The molecule has 1 aromatic carbocycles. The van der Waals surface area contributed by atoms with Crippen LogP contribution in [0.1, 0.15) is 6.92 Å². The summed E-state index contributed by atoms with van der Waals surface area (Å²) in [6.45, 7) is 1.54. The van der Waals surface area contributed by atoms with Gasteiger partial charge in [0.1, 0.15) is 5.78 Å². The fourth-order valence-corrected chi connectivity index (χ4v) is 5.46. The highest BCUT2D eigenvalue weighted by molar-refractivity contribution is 8.14. The minimum absolute atomic E-state index is 0.0837. The van der Waals surface area contributed by atoms with E-state index in [0.717, 1.165) is 10.9 Å². The lowest BCUT2D eigenvalue weighted by molar-refractivity contribution is -0.114. The molecule has 0 aromatic heterocycles. The summed E-state index contributed by atoms with van der Waals surface area (Å²) in [4.78, 5) is 17.7. The van der Waals surface area contributed by atoms with Crippen LogP contribution < -0.4 is 4.90 Å². The fraction of sp³-hybridized carbons (Fsp3) is 0.429. The molecule has 1 saturated heterocycles. The number of carbonyl (C=O) groups is 1. The predicted octanol–water partition coefficient (Wildman–Crippen LogP) is 1.35. The first-order valence-corrected chi connectivity index (χ1v) is 9.52. The first kappa shape index (κ1) is 14.6. The second-order valence-electron chi connectivity index (χ2n) is 5.32. The van der Waals surface area contributed by atoms with Crippen LogP contribution in [0.5, 0.6) is 0 Å². The van der Waals surface area contributed by atoms with Gasteiger partial charge in [0.25, 0.3) is 0 Å². The molecule has 0 saturated carbocycles. The zero-order valence-electron chi connectivity index (χ0n) is 11.6. The molecule has 1 aromatic rings. The number of anilines is 1. The van der Waals surface area contributed by atoms with Gasteiger partial charge in [0.05, 0.1) is 29.3 Å². The number of sulfone groups is 1. The largest absolute Gasteiger partial charge is 0.315 e. The summed E-state index contributed by atoms with van der Waals surface area (Å²) in [6, 6.07) is 9.27. The number of carbonyl (C=O) groups excluding carboxylic acids is 1. The van der Waals surface area contributed by atoms with Crippen LogP contribution >= 0.6 is 11.8 Å². The zero-order chi connectivity index (χ0) is 15.0. The molecule has 2 aliphatic rings. The summed E-state index contributed by atoms with van der Waals surface area (Å²) in [7, 11) is -3.03. The summed E-state index contributed by atoms with van der Waals surface area (Å²) < 4.78 is 23.7. The number of para-hydroxylation sites is 1.